The lowest BCUT2D eigenvalue weighted by Crippen LogP contribution is -2.09. The summed E-state index contributed by atoms with van der Waals surface area (Å²) in [6, 6.07) is 58.7. The molecule has 2 aromatic heterocycles. The van der Waals surface area contributed by atoms with E-state index in [4.69, 9.17) is 0 Å². The van der Waals surface area contributed by atoms with E-state index in [1.807, 2.05) is 22.7 Å². The maximum Gasteiger partial charge on any atom is 0.0476 e. The van der Waals surface area contributed by atoms with Crippen molar-refractivity contribution < 1.29 is 0 Å². The summed E-state index contributed by atoms with van der Waals surface area (Å²) < 4.78 is 5.23. The number of benzene rings is 8. The van der Waals surface area contributed by atoms with Crippen LogP contribution in [0, 0.1) is 27.7 Å². The number of hydrogen-bond acceptors (Lipinski definition) is 4. The van der Waals surface area contributed by atoms with Crippen molar-refractivity contribution in [2.24, 2.45) is 0 Å². The third-order valence-electron chi connectivity index (χ3n) is 10.7. The number of fused-ring (bicyclic) bond motifs is 9. The Bertz CT molecular complexity index is 2980. The van der Waals surface area contributed by atoms with Crippen LogP contribution in [0.5, 0.6) is 0 Å². The van der Waals surface area contributed by atoms with Crippen LogP contribution in [0.25, 0.3) is 51.1 Å². The minimum Gasteiger partial charge on any atom is -0.310 e. The van der Waals surface area contributed by atoms with Crippen LogP contribution in [0.2, 0.25) is 0 Å². The number of rotatable bonds is 6. The molecule has 0 aliphatic heterocycles. The molecule has 0 amide bonds. The Labute approximate surface area is 323 Å². The van der Waals surface area contributed by atoms with Gasteiger partial charge in [-0.3, -0.25) is 0 Å². The summed E-state index contributed by atoms with van der Waals surface area (Å²) in [5.41, 5.74) is 12.0. The predicted octanol–water partition coefficient (Wildman–Crippen LogP) is 15.7. The number of thiophene rings is 2. The number of hydrogen-bond donors (Lipinski definition) is 0. The molecule has 0 aliphatic carbocycles. The third kappa shape index (κ3) is 5.53. The third-order valence-corrected chi connectivity index (χ3v) is 12.9. The molecular weight excluding hydrogens is 693 g/mol. The Morgan fingerprint density at radius 3 is 1.17 bits per heavy atom. The van der Waals surface area contributed by atoms with Crippen molar-refractivity contribution >= 4 is 108 Å². The summed E-state index contributed by atoms with van der Waals surface area (Å²) in [5.74, 6) is 0. The highest BCUT2D eigenvalue weighted by Gasteiger charge is 2.20. The maximum atomic E-state index is 2.39. The van der Waals surface area contributed by atoms with Gasteiger partial charge in [0.1, 0.15) is 0 Å². The largest absolute Gasteiger partial charge is 0.310 e. The van der Waals surface area contributed by atoms with Crippen LogP contribution in [0.1, 0.15) is 22.3 Å². The van der Waals surface area contributed by atoms with Crippen LogP contribution in [0.15, 0.2) is 158 Å². The highest BCUT2D eigenvalue weighted by molar-refractivity contribution is 7.27. The zero-order chi connectivity index (χ0) is 36.5. The second-order valence-electron chi connectivity index (χ2n) is 14.6. The highest BCUT2D eigenvalue weighted by Crippen LogP contribution is 2.48. The van der Waals surface area contributed by atoms with Crippen LogP contribution in [-0.4, -0.2) is 0 Å². The monoisotopic (exact) mass is 730 g/mol. The van der Waals surface area contributed by atoms with Crippen LogP contribution in [-0.2, 0) is 0 Å². The zero-order valence-electron chi connectivity index (χ0n) is 30.7. The normalized spacial score (nSPS) is 11.7. The standard InChI is InChI=1S/C50H38N2S2/c1-31-8-16-36(17-9-31)51(37-18-10-32(2)11-19-37)40-22-24-42-46(29-40)53-44-26-14-35-15-27-45-50(48(35)49(42)44)43-25-23-41(30-47(43)54-45)52(38-20-12-33(3)13-21-38)39-7-5-6-34(4)28-39/h5-30H,1-4H3. The van der Waals surface area contributed by atoms with Crippen molar-refractivity contribution in [3.63, 3.8) is 0 Å². The summed E-state index contributed by atoms with van der Waals surface area (Å²) in [4.78, 5) is 4.76. The van der Waals surface area contributed by atoms with E-state index < -0.39 is 0 Å². The van der Waals surface area contributed by atoms with Gasteiger partial charge in [-0.05, 0) is 124 Å². The first kappa shape index (κ1) is 32.7. The molecule has 0 fully saturated rings. The molecule has 10 rings (SSSR count). The molecule has 0 saturated heterocycles. The fraction of sp³-hybridized carbons (Fsp3) is 0.0800. The Kier molecular flexibility index (Phi) is 7.79. The second kappa shape index (κ2) is 12.9. The maximum absolute atomic E-state index is 2.39. The Balaban J connectivity index is 1.15. The van der Waals surface area contributed by atoms with Crippen LogP contribution >= 0.6 is 22.7 Å². The minimum atomic E-state index is 1.16. The van der Waals surface area contributed by atoms with Crippen molar-refractivity contribution in [1.82, 2.24) is 0 Å². The topological polar surface area (TPSA) is 6.48 Å². The average Bonchev–Trinajstić information content (AvgIpc) is 3.75. The molecule has 0 N–H and O–H groups in total. The van der Waals surface area contributed by atoms with Gasteiger partial charge < -0.3 is 9.80 Å². The lowest BCUT2D eigenvalue weighted by molar-refractivity contribution is 1.27. The lowest BCUT2D eigenvalue weighted by atomic mass is 9.98. The average molecular weight is 731 g/mol. The van der Waals surface area contributed by atoms with Gasteiger partial charge in [0, 0.05) is 79.9 Å². The smallest absolute Gasteiger partial charge is 0.0476 e. The summed E-state index contributed by atoms with van der Waals surface area (Å²) in [6.07, 6.45) is 0. The van der Waals surface area contributed by atoms with Crippen molar-refractivity contribution in [2.45, 2.75) is 27.7 Å². The van der Waals surface area contributed by atoms with E-state index in [0.717, 1.165) is 28.4 Å². The van der Waals surface area contributed by atoms with Crippen molar-refractivity contribution in [2.75, 3.05) is 9.80 Å². The first-order valence-corrected chi connectivity index (χ1v) is 20.1. The molecule has 0 bridgehead atoms. The molecule has 0 saturated carbocycles. The van der Waals surface area contributed by atoms with Crippen LogP contribution in [0.3, 0.4) is 0 Å². The van der Waals surface area contributed by atoms with E-state index in [-0.39, 0.29) is 0 Å². The summed E-state index contributed by atoms with van der Waals surface area (Å²) >= 11 is 3.79. The van der Waals surface area contributed by atoms with E-state index in [9.17, 15) is 0 Å². The van der Waals surface area contributed by atoms with Crippen molar-refractivity contribution in [3.8, 4) is 0 Å². The SMILES string of the molecule is Cc1ccc(N(c2ccc(C)cc2)c2ccc3c(c2)sc2ccc4ccc5sc6cc(N(c7ccc(C)cc7)c7cccc(C)c7)ccc6c5c4c23)cc1. The van der Waals surface area contributed by atoms with E-state index in [0.29, 0.717) is 0 Å². The number of anilines is 6. The van der Waals surface area contributed by atoms with Crippen molar-refractivity contribution in [1.29, 1.82) is 0 Å². The first-order chi connectivity index (χ1) is 26.4. The van der Waals surface area contributed by atoms with E-state index in [2.05, 4.69) is 195 Å². The summed E-state index contributed by atoms with van der Waals surface area (Å²) in [5, 5.41) is 7.96. The Hall–Kier alpha value is -5.94. The van der Waals surface area contributed by atoms with Gasteiger partial charge in [-0.15, -0.1) is 22.7 Å². The van der Waals surface area contributed by atoms with Crippen molar-refractivity contribution in [3.05, 3.63) is 180 Å². The van der Waals surface area contributed by atoms with Crippen LogP contribution < -0.4 is 9.80 Å². The van der Waals surface area contributed by atoms with Gasteiger partial charge in [0.25, 0.3) is 0 Å². The quantitative estimate of drug-likeness (QED) is 0.168. The molecule has 10 aromatic rings. The van der Waals surface area contributed by atoms with Gasteiger partial charge in [0.2, 0.25) is 0 Å². The molecule has 0 radical (unpaired) electrons. The van der Waals surface area contributed by atoms with Gasteiger partial charge in [-0.25, -0.2) is 0 Å². The van der Waals surface area contributed by atoms with E-state index in [1.54, 1.807) is 0 Å². The van der Waals surface area contributed by atoms with Gasteiger partial charge >= 0.3 is 0 Å². The molecule has 0 atom stereocenters. The predicted molar refractivity (Wildman–Crippen MR) is 238 cm³/mol. The lowest BCUT2D eigenvalue weighted by Gasteiger charge is -2.26. The molecule has 0 unspecified atom stereocenters. The van der Waals surface area contributed by atoms with E-state index in [1.165, 1.54) is 79.1 Å². The highest BCUT2D eigenvalue weighted by atomic mass is 32.1. The molecular formula is C50H38N2S2. The number of aryl methyl sites for hydroxylation is 4. The molecule has 0 aliphatic rings. The van der Waals surface area contributed by atoms with Crippen LogP contribution in [0.4, 0.5) is 34.1 Å². The molecule has 2 heterocycles. The molecule has 260 valence electrons. The molecule has 8 aromatic carbocycles. The summed E-state index contributed by atoms with van der Waals surface area (Å²) in [6.45, 7) is 8.60. The summed E-state index contributed by atoms with van der Waals surface area (Å²) in [7, 11) is 0. The van der Waals surface area contributed by atoms with Gasteiger partial charge in [-0.2, -0.15) is 0 Å². The van der Waals surface area contributed by atoms with Gasteiger partial charge in [0.05, 0.1) is 0 Å². The first-order valence-electron chi connectivity index (χ1n) is 18.5. The molecule has 0 spiro atoms. The molecule has 4 heteroatoms. The fourth-order valence-corrected chi connectivity index (χ4v) is 10.2. The van der Waals surface area contributed by atoms with E-state index >= 15 is 0 Å². The zero-order valence-corrected chi connectivity index (χ0v) is 32.4. The molecule has 2 nitrogen and oxygen atoms in total. The Morgan fingerprint density at radius 2 is 0.722 bits per heavy atom. The molecule has 54 heavy (non-hydrogen) atoms. The van der Waals surface area contributed by atoms with Gasteiger partial charge in [-0.1, -0.05) is 89.5 Å². The Morgan fingerprint density at radius 1 is 0.315 bits per heavy atom. The minimum absolute atomic E-state index is 1.16. The second-order valence-corrected chi connectivity index (χ2v) is 16.7. The van der Waals surface area contributed by atoms with Gasteiger partial charge in [0.15, 0.2) is 0 Å². The fourth-order valence-electron chi connectivity index (χ4n) is 7.95. The number of nitrogens with zero attached hydrogens (tertiary/aromatic N) is 2.